The molecule has 0 bridgehead atoms. The SMILES string of the molecule is Cc1ccc(-c2nc(-c3ccc(Cl)cc3Cl)no2)c(C)c1. The summed E-state index contributed by atoms with van der Waals surface area (Å²) in [6.07, 6.45) is 0. The Kier molecular flexibility index (Phi) is 3.70. The maximum absolute atomic E-state index is 6.17. The van der Waals surface area contributed by atoms with Crippen molar-refractivity contribution < 1.29 is 4.52 Å². The van der Waals surface area contributed by atoms with E-state index in [-0.39, 0.29) is 0 Å². The van der Waals surface area contributed by atoms with Crippen LogP contribution in [0, 0.1) is 13.8 Å². The molecule has 0 radical (unpaired) electrons. The molecule has 0 fully saturated rings. The molecule has 1 aromatic heterocycles. The summed E-state index contributed by atoms with van der Waals surface area (Å²) in [6.45, 7) is 4.06. The Morgan fingerprint density at radius 2 is 1.71 bits per heavy atom. The van der Waals surface area contributed by atoms with Crippen LogP contribution in [0.2, 0.25) is 10.0 Å². The topological polar surface area (TPSA) is 38.9 Å². The van der Waals surface area contributed by atoms with E-state index in [0.29, 0.717) is 27.3 Å². The molecule has 3 aromatic rings. The highest BCUT2D eigenvalue weighted by Crippen LogP contribution is 2.30. The molecule has 0 amide bonds. The summed E-state index contributed by atoms with van der Waals surface area (Å²) < 4.78 is 5.36. The molecule has 3 nitrogen and oxygen atoms in total. The van der Waals surface area contributed by atoms with Gasteiger partial charge in [-0.3, -0.25) is 0 Å². The van der Waals surface area contributed by atoms with Crippen LogP contribution >= 0.6 is 23.2 Å². The van der Waals surface area contributed by atoms with Gasteiger partial charge in [0.25, 0.3) is 5.89 Å². The monoisotopic (exact) mass is 318 g/mol. The molecule has 0 atom stereocenters. The highest BCUT2D eigenvalue weighted by molar-refractivity contribution is 6.36. The fourth-order valence-electron chi connectivity index (χ4n) is 2.17. The number of nitrogens with zero attached hydrogens (tertiary/aromatic N) is 2. The Labute approximate surface area is 132 Å². The highest BCUT2D eigenvalue weighted by atomic mass is 35.5. The lowest BCUT2D eigenvalue weighted by Crippen LogP contribution is -1.86. The fourth-order valence-corrected chi connectivity index (χ4v) is 2.66. The molecule has 3 rings (SSSR count). The number of rotatable bonds is 2. The van der Waals surface area contributed by atoms with Crippen LogP contribution in [0.15, 0.2) is 40.9 Å². The molecule has 0 spiro atoms. The van der Waals surface area contributed by atoms with E-state index in [1.807, 2.05) is 26.0 Å². The van der Waals surface area contributed by atoms with E-state index in [2.05, 4.69) is 16.2 Å². The molecule has 0 N–H and O–H groups in total. The van der Waals surface area contributed by atoms with E-state index in [9.17, 15) is 0 Å². The number of aryl methyl sites for hydroxylation is 2. The van der Waals surface area contributed by atoms with Gasteiger partial charge in [-0.2, -0.15) is 4.98 Å². The summed E-state index contributed by atoms with van der Waals surface area (Å²) in [6, 6.07) is 11.3. The van der Waals surface area contributed by atoms with Crippen LogP contribution in [-0.2, 0) is 0 Å². The minimum Gasteiger partial charge on any atom is -0.334 e. The Bertz CT molecular complexity index is 746. The summed E-state index contributed by atoms with van der Waals surface area (Å²) in [5.41, 5.74) is 3.90. The second-order valence-electron chi connectivity index (χ2n) is 4.87. The third kappa shape index (κ3) is 2.80. The van der Waals surface area contributed by atoms with Gasteiger partial charge in [0.05, 0.1) is 5.02 Å². The van der Waals surface area contributed by atoms with Crippen LogP contribution in [0.25, 0.3) is 22.8 Å². The Hall–Kier alpha value is -1.84. The van der Waals surface area contributed by atoms with Gasteiger partial charge in [-0.15, -0.1) is 0 Å². The van der Waals surface area contributed by atoms with Gasteiger partial charge < -0.3 is 4.52 Å². The summed E-state index contributed by atoms with van der Waals surface area (Å²) in [5, 5.41) is 5.07. The zero-order chi connectivity index (χ0) is 15.0. The maximum atomic E-state index is 6.17. The van der Waals surface area contributed by atoms with Crippen LogP contribution in [-0.4, -0.2) is 10.1 Å². The average Bonchev–Trinajstić information content (AvgIpc) is 2.87. The zero-order valence-corrected chi connectivity index (χ0v) is 13.0. The summed E-state index contributed by atoms with van der Waals surface area (Å²) in [7, 11) is 0. The van der Waals surface area contributed by atoms with Gasteiger partial charge in [-0.1, -0.05) is 46.1 Å². The first-order valence-electron chi connectivity index (χ1n) is 6.41. The summed E-state index contributed by atoms with van der Waals surface area (Å²) in [5.74, 6) is 0.931. The smallest absolute Gasteiger partial charge is 0.258 e. The standard InChI is InChI=1S/C16H12Cl2N2O/c1-9-3-5-12(10(2)7-9)16-19-15(20-21-16)13-6-4-11(17)8-14(13)18/h3-8H,1-2H3. The third-order valence-corrected chi connectivity index (χ3v) is 3.76. The molecule has 0 unspecified atom stereocenters. The normalized spacial score (nSPS) is 10.9. The molecule has 0 saturated carbocycles. The molecule has 0 aliphatic heterocycles. The average molecular weight is 319 g/mol. The second-order valence-corrected chi connectivity index (χ2v) is 5.71. The molecule has 106 valence electrons. The fraction of sp³-hybridized carbons (Fsp3) is 0.125. The minimum absolute atomic E-state index is 0.451. The van der Waals surface area contributed by atoms with Gasteiger partial charge in [-0.25, -0.2) is 0 Å². The second kappa shape index (κ2) is 5.51. The number of hydrogen-bond acceptors (Lipinski definition) is 3. The minimum atomic E-state index is 0.451. The van der Waals surface area contributed by atoms with E-state index in [1.54, 1.807) is 18.2 Å². The molecule has 0 aliphatic carbocycles. The number of hydrogen-bond donors (Lipinski definition) is 0. The first kappa shape index (κ1) is 14.1. The lowest BCUT2D eigenvalue weighted by Gasteiger charge is -2.01. The highest BCUT2D eigenvalue weighted by Gasteiger charge is 2.14. The molecular weight excluding hydrogens is 307 g/mol. The van der Waals surface area contributed by atoms with Gasteiger partial charge in [0, 0.05) is 16.1 Å². The molecule has 21 heavy (non-hydrogen) atoms. The van der Waals surface area contributed by atoms with Gasteiger partial charge in [0.2, 0.25) is 5.82 Å². The summed E-state index contributed by atoms with van der Waals surface area (Å²) >= 11 is 12.1. The molecule has 0 saturated heterocycles. The lowest BCUT2D eigenvalue weighted by molar-refractivity contribution is 0.432. The van der Waals surface area contributed by atoms with Crippen molar-refractivity contribution in [1.82, 2.24) is 10.1 Å². The number of aromatic nitrogens is 2. The van der Waals surface area contributed by atoms with Gasteiger partial charge in [0.1, 0.15) is 0 Å². The van der Waals surface area contributed by atoms with Crippen LogP contribution in [0.4, 0.5) is 0 Å². The van der Waals surface area contributed by atoms with E-state index >= 15 is 0 Å². The van der Waals surface area contributed by atoms with Crippen LogP contribution in [0.3, 0.4) is 0 Å². The molecule has 0 aliphatic rings. The van der Waals surface area contributed by atoms with Crippen molar-refractivity contribution in [1.29, 1.82) is 0 Å². The van der Waals surface area contributed by atoms with E-state index in [0.717, 1.165) is 11.1 Å². The number of benzene rings is 2. The zero-order valence-electron chi connectivity index (χ0n) is 11.5. The summed E-state index contributed by atoms with van der Waals surface area (Å²) in [4.78, 5) is 4.43. The van der Waals surface area contributed by atoms with Crippen molar-refractivity contribution in [3.05, 3.63) is 57.6 Å². The largest absolute Gasteiger partial charge is 0.334 e. The van der Waals surface area contributed by atoms with Crippen LogP contribution in [0.1, 0.15) is 11.1 Å². The third-order valence-electron chi connectivity index (χ3n) is 3.21. The maximum Gasteiger partial charge on any atom is 0.258 e. The predicted molar refractivity (Wildman–Crippen MR) is 84.7 cm³/mol. The van der Waals surface area contributed by atoms with E-state index in [1.165, 1.54) is 5.56 Å². The quantitative estimate of drug-likeness (QED) is 0.641. The Morgan fingerprint density at radius 3 is 2.43 bits per heavy atom. The van der Waals surface area contributed by atoms with Crippen molar-refractivity contribution in [2.24, 2.45) is 0 Å². The molecular formula is C16H12Cl2N2O. The van der Waals surface area contributed by atoms with Crippen molar-refractivity contribution in [3.63, 3.8) is 0 Å². The number of halogens is 2. The van der Waals surface area contributed by atoms with Crippen LogP contribution < -0.4 is 0 Å². The first-order valence-corrected chi connectivity index (χ1v) is 7.17. The van der Waals surface area contributed by atoms with Gasteiger partial charge >= 0.3 is 0 Å². The van der Waals surface area contributed by atoms with E-state index in [4.69, 9.17) is 27.7 Å². The Balaban J connectivity index is 2.03. The molecule has 1 heterocycles. The van der Waals surface area contributed by atoms with Crippen molar-refractivity contribution in [3.8, 4) is 22.8 Å². The molecule has 2 aromatic carbocycles. The predicted octanol–water partition coefficient (Wildman–Crippen LogP) is 5.33. The molecule has 5 heteroatoms. The van der Waals surface area contributed by atoms with E-state index < -0.39 is 0 Å². The Morgan fingerprint density at radius 1 is 0.952 bits per heavy atom. The van der Waals surface area contributed by atoms with Crippen molar-refractivity contribution in [2.45, 2.75) is 13.8 Å². The lowest BCUT2D eigenvalue weighted by atomic mass is 10.1. The van der Waals surface area contributed by atoms with Crippen molar-refractivity contribution in [2.75, 3.05) is 0 Å². The van der Waals surface area contributed by atoms with Crippen molar-refractivity contribution >= 4 is 23.2 Å². The van der Waals surface area contributed by atoms with Gasteiger partial charge in [0.15, 0.2) is 0 Å². The van der Waals surface area contributed by atoms with Gasteiger partial charge in [-0.05, 0) is 43.7 Å². The van der Waals surface area contributed by atoms with Crippen LogP contribution in [0.5, 0.6) is 0 Å². The first-order chi connectivity index (χ1) is 10.0.